The van der Waals surface area contributed by atoms with Crippen LogP contribution in [-0.4, -0.2) is 37.6 Å². The van der Waals surface area contributed by atoms with Gasteiger partial charge < -0.3 is 5.32 Å². The number of allylic oxidation sites excluding steroid dienone is 1. The maximum Gasteiger partial charge on any atom is 0.0165 e. The third-order valence-corrected chi connectivity index (χ3v) is 3.22. The molecule has 13 heavy (non-hydrogen) atoms. The third kappa shape index (κ3) is 2.12. The van der Waals surface area contributed by atoms with Gasteiger partial charge in [-0.05, 0) is 38.8 Å². The van der Waals surface area contributed by atoms with Crippen LogP contribution in [0.2, 0.25) is 0 Å². The van der Waals surface area contributed by atoms with Crippen molar-refractivity contribution in [3.63, 3.8) is 0 Å². The van der Waals surface area contributed by atoms with E-state index in [1.54, 1.807) is 0 Å². The Morgan fingerprint density at radius 1 is 1.31 bits per heavy atom. The normalized spacial score (nSPS) is 33.4. The van der Waals surface area contributed by atoms with Crippen molar-refractivity contribution in [2.45, 2.75) is 13.8 Å². The van der Waals surface area contributed by atoms with Gasteiger partial charge in [-0.2, -0.15) is 0 Å². The SMILES string of the molecule is CC(C)=CCN1CC2CNCC2C1. The maximum absolute atomic E-state index is 3.47. The van der Waals surface area contributed by atoms with Crippen LogP contribution in [-0.2, 0) is 0 Å². The largest absolute Gasteiger partial charge is 0.316 e. The summed E-state index contributed by atoms with van der Waals surface area (Å²) in [6.07, 6.45) is 2.34. The molecule has 74 valence electrons. The summed E-state index contributed by atoms with van der Waals surface area (Å²) in [4.78, 5) is 2.59. The van der Waals surface area contributed by atoms with Crippen molar-refractivity contribution >= 4 is 0 Å². The molecule has 2 atom stereocenters. The van der Waals surface area contributed by atoms with Crippen molar-refractivity contribution < 1.29 is 0 Å². The molecule has 0 aromatic carbocycles. The highest BCUT2D eigenvalue weighted by atomic mass is 15.2. The second-order valence-electron chi connectivity index (χ2n) is 4.68. The van der Waals surface area contributed by atoms with E-state index >= 15 is 0 Å². The molecule has 0 bridgehead atoms. The van der Waals surface area contributed by atoms with Crippen LogP contribution < -0.4 is 5.32 Å². The summed E-state index contributed by atoms with van der Waals surface area (Å²) in [5, 5.41) is 3.47. The topological polar surface area (TPSA) is 15.3 Å². The van der Waals surface area contributed by atoms with E-state index in [-0.39, 0.29) is 0 Å². The summed E-state index contributed by atoms with van der Waals surface area (Å²) in [5.41, 5.74) is 1.44. The summed E-state index contributed by atoms with van der Waals surface area (Å²) in [6, 6.07) is 0. The van der Waals surface area contributed by atoms with Crippen molar-refractivity contribution in [1.29, 1.82) is 0 Å². The molecular formula is C11H20N2. The average molecular weight is 180 g/mol. The highest BCUT2D eigenvalue weighted by Crippen LogP contribution is 2.25. The fourth-order valence-corrected chi connectivity index (χ4v) is 2.41. The van der Waals surface area contributed by atoms with Gasteiger partial charge in [-0.3, -0.25) is 4.90 Å². The van der Waals surface area contributed by atoms with Gasteiger partial charge in [0, 0.05) is 19.6 Å². The minimum Gasteiger partial charge on any atom is -0.316 e. The van der Waals surface area contributed by atoms with Gasteiger partial charge in [-0.15, -0.1) is 0 Å². The number of fused-ring (bicyclic) bond motifs is 1. The van der Waals surface area contributed by atoms with Crippen LogP contribution in [0.25, 0.3) is 0 Å². The van der Waals surface area contributed by atoms with Crippen LogP contribution in [0.4, 0.5) is 0 Å². The molecule has 0 spiro atoms. The summed E-state index contributed by atoms with van der Waals surface area (Å²) in [7, 11) is 0. The summed E-state index contributed by atoms with van der Waals surface area (Å²) in [5.74, 6) is 1.87. The molecule has 0 amide bonds. The molecule has 2 heterocycles. The Kier molecular flexibility index (Phi) is 2.70. The maximum atomic E-state index is 3.47. The van der Waals surface area contributed by atoms with Gasteiger partial charge in [0.15, 0.2) is 0 Å². The molecule has 2 rings (SSSR count). The number of rotatable bonds is 2. The first kappa shape index (κ1) is 9.22. The lowest BCUT2D eigenvalue weighted by molar-refractivity contribution is 0.346. The average Bonchev–Trinajstić information content (AvgIpc) is 2.58. The molecule has 0 aromatic heterocycles. The summed E-state index contributed by atoms with van der Waals surface area (Å²) >= 11 is 0. The van der Waals surface area contributed by atoms with Gasteiger partial charge in [0.1, 0.15) is 0 Å². The van der Waals surface area contributed by atoms with Crippen molar-refractivity contribution in [3.05, 3.63) is 11.6 Å². The van der Waals surface area contributed by atoms with E-state index in [0.717, 1.165) is 18.4 Å². The van der Waals surface area contributed by atoms with E-state index in [1.165, 1.54) is 31.8 Å². The zero-order valence-corrected chi connectivity index (χ0v) is 8.71. The minimum absolute atomic E-state index is 0.936. The van der Waals surface area contributed by atoms with Crippen LogP contribution in [0, 0.1) is 11.8 Å². The number of likely N-dealkylation sites (tertiary alicyclic amines) is 1. The van der Waals surface area contributed by atoms with Gasteiger partial charge in [0.2, 0.25) is 0 Å². The quantitative estimate of drug-likeness (QED) is 0.640. The molecule has 0 aromatic rings. The van der Waals surface area contributed by atoms with Gasteiger partial charge in [-0.1, -0.05) is 11.6 Å². The standard InChI is InChI=1S/C11H20N2/c1-9(2)3-4-13-7-10-5-12-6-11(10)8-13/h3,10-12H,4-8H2,1-2H3. The highest BCUT2D eigenvalue weighted by molar-refractivity contribution is 4.98. The van der Waals surface area contributed by atoms with Crippen LogP contribution in [0.1, 0.15) is 13.8 Å². The zero-order chi connectivity index (χ0) is 9.26. The lowest BCUT2D eigenvalue weighted by Gasteiger charge is -2.14. The van der Waals surface area contributed by atoms with Crippen LogP contribution >= 0.6 is 0 Å². The molecule has 0 aliphatic carbocycles. The predicted octanol–water partition coefficient (Wildman–Crippen LogP) is 1.10. The second-order valence-corrected chi connectivity index (χ2v) is 4.68. The summed E-state index contributed by atoms with van der Waals surface area (Å²) < 4.78 is 0. The Morgan fingerprint density at radius 3 is 2.46 bits per heavy atom. The van der Waals surface area contributed by atoms with E-state index < -0.39 is 0 Å². The van der Waals surface area contributed by atoms with Crippen molar-refractivity contribution in [2.75, 3.05) is 32.7 Å². The van der Waals surface area contributed by atoms with E-state index in [4.69, 9.17) is 0 Å². The summed E-state index contributed by atoms with van der Waals surface area (Å²) in [6.45, 7) is 10.6. The van der Waals surface area contributed by atoms with Crippen LogP contribution in [0.3, 0.4) is 0 Å². The molecule has 0 radical (unpaired) electrons. The van der Waals surface area contributed by atoms with E-state index in [0.29, 0.717) is 0 Å². The van der Waals surface area contributed by atoms with Gasteiger partial charge in [0.25, 0.3) is 0 Å². The molecule has 2 nitrogen and oxygen atoms in total. The monoisotopic (exact) mass is 180 g/mol. The Balaban J connectivity index is 1.82. The molecular weight excluding hydrogens is 160 g/mol. The van der Waals surface area contributed by atoms with Crippen molar-refractivity contribution in [2.24, 2.45) is 11.8 Å². The van der Waals surface area contributed by atoms with E-state index in [2.05, 4.69) is 30.1 Å². The third-order valence-electron chi connectivity index (χ3n) is 3.22. The number of nitrogens with one attached hydrogen (secondary N) is 1. The van der Waals surface area contributed by atoms with E-state index in [1.807, 2.05) is 0 Å². The number of hydrogen-bond donors (Lipinski definition) is 1. The molecule has 2 saturated heterocycles. The highest BCUT2D eigenvalue weighted by Gasteiger charge is 2.35. The first-order valence-electron chi connectivity index (χ1n) is 5.32. The Labute approximate surface area is 81.0 Å². The Hall–Kier alpha value is -0.340. The van der Waals surface area contributed by atoms with E-state index in [9.17, 15) is 0 Å². The molecule has 1 N–H and O–H groups in total. The second kappa shape index (κ2) is 3.81. The van der Waals surface area contributed by atoms with Crippen LogP contribution in [0.5, 0.6) is 0 Å². The van der Waals surface area contributed by atoms with Crippen LogP contribution in [0.15, 0.2) is 11.6 Å². The van der Waals surface area contributed by atoms with Crippen molar-refractivity contribution in [3.8, 4) is 0 Å². The predicted molar refractivity (Wildman–Crippen MR) is 55.7 cm³/mol. The number of hydrogen-bond acceptors (Lipinski definition) is 2. The van der Waals surface area contributed by atoms with Gasteiger partial charge >= 0.3 is 0 Å². The lowest BCUT2D eigenvalue weighted by atomic mass is 10.0. The smallest absolute Gasteiger partial charge is 0.0165 e. The molecule has 2 aliphatic rings. The molecule has 2 aliphatic heterocycles. The fraction of sp³-hybridized carbons (Fsp3) is 0.818. The first-order chi connectivity index (χ1) is 6.25. The van der Waals surface area contributed by atoms with Gasteiger partial charge in [0.05, 0.1) is 0 Å². The van der Waals surface area contributed by atoms with Gasteiger partial charge in [-0.25, -0.2) is 0 Å². The Morgan fingerprint density at radius 2 is 1.92 bits per heavy atom. The zero-order valence-electron chi connectivity index (χ0n) is 8.71. The Bertz CT molecular complexity index is 194. The van der Waals surface area contributed by atoms with Crippen molar-refractivity contribution in [1.82, 2.24) is 10.2 Å². The minimum atomic E-state index is 0.936. The number of nitrogens with zero attached hydrogens (tertiary/aromatic N) is 1. The molecule has 2 unspecified atom stereocenters. The molecule has 0 saturated carbocycles. The first-order valence-corrected chi connectivity index (χ1v) is 5.32. The fourth-order valence-electron chi connectivity index (χ4n) is 2.41. The lowest BCUT2D eigenvalue weighted by Crippen LogP contribution is -2.25. The molecule has 2 heteroatoms. The molecule has 2 fully saturated rings.